The van der Waals surface area contributed by atoms with Gasteiger partial charge in [-0.2, -0.15) is 0 Å². The van der Waals surface area contributed by atoms with Gasteiger partial charge in [0, 0.05) is 45.5 Å². The zero-order valence-electron chi connectivity index (χ0n) is 15.5. The average molecular weight is 332 g/mol. The predicted octanol–water partition coefficient (Wildman–Crippen LogP) is 2.16. The Morgan fingerprint density at radius 1 is 1.17 bits per heavy atom. The second kappa shape index (κ2) is 10.2. The topological polar surface area (TPSA) is 42.9 Å². The monoisotopic (exact) mass is 331 g/mol. The Balaban J connectivity index is 1.68. The van der Waals surface area contributed by atoms with E-state index in [2.05, 4.69) is 63.7 Å². The van der Waals surface area contributed by atoms with Crippen molar-refractivity contribution in [2.45, 2.75) is 32.2 Å². The van der Waals surface area contributed by atoms with Gasteiger partial charge in [0.15, 0.2) is 5.96 Å². The summed E-state index contributed by atoms with van der Waals surface area (Å²) in [5, 5.41) is 6.87. The molecule has 0 spiro atoms. The maximum absolute atomic E-state index is 4.33. The number of hydrogen-bond donors (Lipinski definition) is 2. The summed E-state index contributed by atoms with van der Waals surface area (Å²) in [5.74, 6) is 0.889. The molecule has 1 aromatic carbocycles. The van der Waals surface area contributed by atoms with Crippen molar-refractivity contribution in [2.75, 3.05) is 51.7 Å². The first-order chi connectivity index (χ1) is 11.7. The number of piperidine rings is 1. The van der Waals surface area contributed by atoms with Gasteiger partial charge in [-0.25, -0.2) is 0 Å². The van der Waals surface area contributed by atoms with E-state index in [-0.39, 0.29) is 0 Å². The fourth-order valence-corrected chi connectivity index (χ4v) is 3.03. The molecule has 0 radical (unpaired) electrons. The van der Waals surface area contributed by atoms with Crippen LogP contribution < -0.4 is 15.5 Å². The minimum Gasteiger partial charge on any atom is -0.370 e. The zero-order chi connectivity index (χ0) is 17.2. The van der Waals surface area contributed by atoms with Gasteiger partial charge in [0.2, 0.25) is 0 Å². The molecule has 1 aliphatic heterocycles. The molecule has 1 unspecified atom stereocenters. The molecule has 0 saturated carbocycles. The van der Waals surface area contributed by atoms with E-state index >= 15 is 0 Å². The van der Waals surface area contributed by atoms with Crippen molar-refractivity contribution in [3.05, 3.63) is 30.3 Å². The summed E-state index contributed by atoms with van der Waals surface area (Å²) >= 11 is 0. The second-order valence-corrected chi connectivity index (χ2v) is 6.58. The van der Waals surface area contributed by atoms with Crippen LogP contribution >= 0.6 is 0 Å². The van der Waals surface area contributed by atoms with Crippen LogP contribution in [0.3, 0.4) is 0 Å². The first-order valence-corrected chi connectivity index (χ1v) is 9.15. The molecule has 24 heavy (non-hydrogen) atoms. The van der Waals surface area contributed by atoms with Crippen LogP contribution in [0.5, 0.6) is 0 Å². The molecule has 5 heteroatoms. The molecule has 0 amide bonds. The molecule has 1 aliphatic rings. The van der Waals surface area contributed by atoms with Gasteiger partial charge in [0.25, 0.3) is 0 Å². The molecule has 2 N–H and O–H groups in total. The number of hydrogen-bond acceptors (Lipinski definition) is 3. The number of nitrogens with one attached hydrogen (secondary N) is 2. The number of nitrogens with zero attached hydrogens (tertiary/aromatic N) is 3. The van der Waals surface area contributed by atoms with E-state index in [4.69, 9.17) is 0 Å². The van der Waals surface area contributed by atoms with Gasteiger partial charge in [-0.05, 0) is 45.0 Å². The lowest BCUT2D eigenvalue weighted by molar-refractivity contribution is 0.232. The van der Waals surface area contributed by atoms with Gasteiger partial charge in [-0.15, -0.1) is 0 Å². The van der Waals surface area contributed by atoms with Crippen LogP contribution in [0.25, 0.3) is 0 Å². The fourth-order valence-electron chi connectivity index (χ4n) is 3.03. The lowest BCUT2D eigenvalue weighted by Crippen LogP contribution is -2.47. The quantitative estimate of drug-likeness (QED) is 0.594. The van der Waals surface area contributed by atoms with Gasteiger partial charge >= 0.3 is 0 Å². The van der Waals surface area contributed by atoms with E-state index in [1.807, 2.05) is 13.1 Å². The molecular formula is C19H33N5. The van der Waals surface area contributed by atoms with Crippen LogP contribution in [-0.2, 0) is 0 Å². The highest BCUT2D eigenvalue weighted by Crippen LogP contribution is 2.13. The third-order valence-electron chi connectivity index (χ3n) is 4.78. The van der Waals surface area contributed by atoms with Gasteiger partial charge in [-0.3, -0.25) is 4.99 Å². The molecule has 2 rings (SSSR count). The largest absolute Gasteiger partial charge is 0.370 e. The van der Waals surface area contributed by atoms with Crippen molar-refractivity contribution in [3.8, 4) is 0 Å². The fraction of sp³-hybridized carbons (Fsp3) is 0.632. The Labute approximate surface area is 147 Å². The Kier molecular flexibility index (Phi) is 7.89. The number of aliphatic imine (C=N–C) groups is 1. The number of anilines is 1. The molecule has 0 aromatic heterocycles. The summed E-state index contributed by atoms with van der Waals surface area (Å²) in [6.45, 7) is 7.61. The Hall–Kier alpha value is -1.75. The van der Waals surface area contributed by atoms with Gasteiger partial charge < -0.3 is 20.4 Å². The highest BCUT2D eigenvalue weighted by molar-refractivity contribution is 5.79. The standard InChI is InChI=1S/C19H33N5/c1-17(23(3)18-10-6-4-7-11-18)16-22-19(20-2)21-12-15-24-13-8-5-9-14-24/h4,6-7,10-11,17H,5,8-9,12-16H2,1-3H3,(H2,20,21,22). The minimum absolute atomic E-state index is 0.382. The summed E-state index contributed by atoms with van der Waals surface area (Å²) < 4.78 is 0. The zero-order valence-corrected chi connectivity index (χ0v) is 15.5. The van der Waals surface area contributed by atoms with Crippen LogP contribution in [0, 0.1) is 0 Å². The van der Waals surface area contributed by atoms with Gasteiger partial charge in [0.1, 0.15) is 0 Å². The van der Waals surface area contributed by atoms with Gasteiger partial charge in [0.05, 0.1) is 0 Å². The van der Waals surface area contributed by atoms with Gasteiger partial charge in [-0.1, -0.05) is 24.6 Å². The molecular weight excluding hydrogens is 298 g/mol. The normalized spacial score (nSPS) is 17.4. The summed E-state index contributed by atoms with van der Waals surface area (Å²) in [4.78, 5) is 9.16. The Morgan fingerprint density at radius 3 is 2.54 bits per heavy atom. The van der Waals surface area contributed by atoms with Crippen molar-refractivity contribution < 1.29 is 0 Å². The predicted molar refractivity (Wildman–Crippen MR) is 104 cm³/mol. The lowest BCUT2D eigenvalue weighted by Gasteiger charge is -2.28. The average Bonchev–Trinajstić information content (AvgIpc) is 2.65. The smallest absolute Gasteiger partial charge is 0.191 e. The van der Waals surface area contributed by atoms with E-state index in [9.17, 15) is 0 Å². The van der Waals surface area contributed by atoms with Crippen molar-refractivity contribution in [2.24, 2.45) is 4.99 Å². The van der Waals surface area contributed by atoms with Crippen molar-refractivity contribution in [1.29, 1.82) is 0 Å². The third-order valence-corrected chi connectivity index (χ3v) is 4.78. The molecule has 5 nitrogen and oxygen atoms in total. The number of benzene rings is 1. The van der Waals surface area contributed by atoms with Crippen molar-refractivity contribution in [3.63, 3.8) is 0 Å². The summed E-state index contributed by atoms with van der Waals surface area (Å²) in [7, 11) is 3.97. The van der Waals surface area contributed by atoms with Crippen molar-refractivity contribution >= 4 is 11.6 Å². The maximum Gasteiger partial charge on any atom is 0.191 e. The first-order valence-electron chi connectivity index (χ1n) is 9.15. The van der Waals surface area contributed by atoms with Crippen molar-refractivity contribution in [1.82, 2.24) is 15.5 Å². The lowest BCUT2D eigenvalue weighted by atomic mass is 10.1. The van der Waals surface area contributed by atoms with E-state index in [1.54, 1.807) is 0 Å². The van der Waals surface area contributed by atoms with Crippen LogP contribution in [0.1, 0.15) is 26.2 Å². The molecule has 0 bridgehead atoms. The number of guanidine groups is 1. The summed E-state index contributed by atoms with van der Waals surface area (Å²) in [5.41, 5.74) is 1.24. The molecule has 134 valence electrons. The van der Waals surface area contributed by atoms with E-state index in [1.165, 1.54) is 38.0 Å². The summed E-state index contributed by atoms with van der Waals surface area (Å²) in [6.07, 6.45) is 4.08. The molecule has 1 fully saturated rings. The number of likely N-dealkylation sites (tertiary alicyclic amines) is 1. The van der Waals surface area contributed by atoms with E-state index < -0.39 is 0 Å². The number of para-hydroxylation sites is 1. The minimum atomic E-state index is 0.382. The maximum atomic E-state index is 4.33. The Bertz CT molecular complexity index is 482. The molecule has 1 heterocycles. The van der Waals surface area contributed by atoms with Crippen LogP contribution in [0.2, 0.25) is 0 Å². The number of rotatable bonds is 7. The highest BCUT2D eigenvalue weighted by atomic mass is 15.2. The first kappa shape index (κ1) is 18.6. The highest BCUT2D eigenvalue weighted by Gasteiger charge is 2.11. The van der Waals surface area contributed by atoms with Crippen LogP contribution in [-0.4, -0.2) is 63.7 Å². The SMILES string of the molecule is CN=C(NCCN1CCCCC1)NCC(C)N(C)c1ccccc1. The van der Waals surface area contributed by atoms with E-state index in [0.717, 1.165) is 25.6 Å². The van der Waals surface area contributed by atoms with Crippen LogP contribution in [0.4, 0.5) is 5.69 Å². The third kappa shape index (κ3) is 6.04. The second-order valence-electron chi connectivity index (χ2n) is 6.58. The molecule has 1 atom stereocenters. The molecule has 1 aromatic rings. The molecule has 0 aliphatic carbocycles. The molecule has 1 saturated heterocycles. The Morgan fingerprint density at radius 2 is 1.88 bits per heavy atom. The van der Waals surface area contributed by atoms with E-state index in [0.29, 0.717) is 6.04 Å². The number of likely N-dealkylation sites (N-methyl/N-ethyl adjacent to an activating group) is 1. The van der Waals surface area contributed by atoms with Crippen LogP contribution in [0.15, 0.2) is 35.3 Å². The summed E-state index contributed by atoms with van der Waals surface area (Å²) in [6, 6.07) is 10.9.